The second kappa shape index (κ2) is 5.65. The van der Waals surface area contributed by atoms with E-state index < -0.39 is 0 Å². The van der Waals surface area contributed by atoms with Gasteiger partial charge >= 0.3 is 0 Å². The first-order valence-electron chi connectivity index (χ1n) is 7.08. The van der Waals surface area contributed by atoms with E-state index in [2.05, 4.69) is 38.3 Å². The standard InChI is InChI=1S/C16H23ClN2O/c1-6-20-13-9-7-8-12-15(13)18-14(10-17)19(12)11(2)16(3,4)5/h7-9,11H,6,10H2,1-5H3. The van der Waals surface area contributed by atoms with Crippen LogP contribution in [0.3, 0.4) is 0 Å². The smallest absolute Gasteiger partial charge is 0.147 e. The SMILES string of the molecule is CCOc1cccc2c1nc(CCl)n2C(C)C(C)(C)C. The van der Waals surface area contributed by atoms with Crippen LogP contribution in [0.25, 0.3) is 11.0 Å². The van der Waals surface area contributed by atoms with Gasteiger partial charge in [0.15, 0.2) is 0 Å². The highest BCUT2D eigenvalue weighted by atomic mass is 35.5. The number of ether oxygens (including phenoxy) is 1. The van der Waals surface area contributed by atoms with E-state index in [0.717, 1.165) is 22.6 Å². The number of hydrogen-bond donors (Lipinski definition) is 0. The second-order valence-corrected chi connectivity index (χ2v) is 6.40. The van der Waals surface area contributed by atoms with Crippen LogP contribution in [0.2, 0.25) is 0 Å². The van der Waals surface area contributed by atoms with Crippen molar-refractivity contribution in [1.29, 1.82) is 0 Å². The molecule has 1 atom stereocenters. The van der Waals surface area contributed by atoms with Gasteiger partial charge in [0, 0.05) is 6.04 Å². The number of hydrogen-bond acceptors (Lipinski definition) is 2. The predicted molar refractivity (Wildman–Crippen MR) is 84.6 cm³/mol. The highest BCUT2D eigenvalue weighted by Gasteiger charge is 2.26. The number of fused-ring (bicyclic) bond motifs is 1. The molecule has 20 heavy (non-hydrogen) atoms. The van der Waals surface area contributed by atoms with Crippen LogP contribution in [-0.4, -0.2) is 16.2 Å². The van der Waals surface area contributed by atoms with Crippen LogP contribution < -0.4 is 4.74 Å². The molecule has 1 aromatic carbocycles. The fourth-order valence-electron chi connectivity index (χ4n) is 2.33. The molecule has 0 aliphatic rings. The summed E-state index contributed by atoms with van der Waals surface area (Å²) >= 11 is 6.10. The molecule has 0 radical (unpaired) electrons. The van der Waals surface area contributed by atoms with Gasteiger partial charge in [0.1, 0.15) is 17.1 Å². The lowest BCUT2D eigenvalue weighted by atomic mass is 9.87. The number of alkyl halides is 1. The molecule has 1 heterocycles. The van der Waals surface area contributed by atoms with Crippen molar-refractivity contribution in [3.63, 3.8) is 0 Å². The van der Waals surface area contributed by atoms with E-state index in [-0.39, 0.29) is 5.41 Å². The van der Waals surface area contributed by atoms with Gasteiger partial charge in [0.25, 0.3) is 0 Å². The monoisotopic (exact) mass is 294 g/mol. The number of halogens is 1. The van der Waals surface area contributed by atoms with Gasteiger partial charge < -0.3 is 9.30 Å². The molecule has 0 spiro atoms. The number of benzene rings is 1. The molecule has 0 bridgehead atoms. The zero-order valence-corrected chi connectivity index (χ0v) is 13.7. The molecule has 0 aliphatic carbocycles. The molecule has 1 unspecified atom stereocenters. The third kappa shape index (κ3) is 2.64. The number of imidazole rings is 1. The fraction of sp³-hybridized carbons (Fsp3) is 0.562. The lowest BCUT2D eigenvalue weighted by Crippen LogP contribution is -2.22. The summed E-state index contributed by atoms with van der Waals surface area (Å²) in [5, 5.41) is 0. The maximum atomic E-state index is 6.10. The van der Waals surface area contributed by atoms with Gasteiger partial charge in [0.05, 0.1) is 18.0 Å². The molecule has 1 aromatic heterocycles. The first kappa shape index (κ1) is 15.2. The van der Waals surface area contributed by atoms with Crippen LogP contribution in [0.5, 0.6) is 5.75 Å². The molecule has 0 saturated carbocycles. The number of nitrogens with zero attached hydrogens (tertiary/aromatic N) is 2. The fourth-order valence-corrected chi connectivity index (χ4v) is 2.51. The summed E-state index contributed by atoms with van der Waals surface area (Å²) in [4.78, 5) is 4.69. The van der Waals surface area contributed by atoms with Crippen molar-refractivity contribution in [3.8, 4) is 5.75 Å². The van der Waals surface area contributed by atoms with E-state index in [0.29, 0.717) is 18.5 Å². The number of rotatable bonds is 4. The van der Waals surface area contributed by atoms with Gasteiger partial charge in [0.2, 0.25) is 0 Å². The maximum absolute atomic E-state index is 6.10. The normalized spacial score (nSPS) is 13.7. The topological polar surface area (TPSA) is 27.1 Å². The summed E-state index contributed by atoms with van der Waals surface area (Å²) in [7, 11) is 0. The second-order valence-electron chi connectivity index (χ2n) is 6.13. The molecule has 2 aromatic rings. The molecule has 3 nitrogen and oxygen atoms in total. The molecule has 0 saturated heterocycles. The van der Waals surface area contributed by atoms with Crippen molar-refractivity contribution in [2.75, 3.05) is 6.61 Å². The minimum Gasteiger partial charge on any atom is -0.492 e. The van der Waals surface area contributed by atoms with Gasteiger partial charge in [-0.3, -0.25) is 0 Å². The Morgan fingerprint density at radius 1 is 1.35 bits per heavy atom. The largest absolute Gasteiger partial charge is 0.492 e. The van der Waals surface area contributed by atoms with Crippen molar-refractivity contribution in [2.45, 2.75) is 46.5 Å². The Balaban J connectivity index is 2.67. The molecule has 0 aliphatic heterocycles. The van der Waals surface area contributed by atoms with Crippen LogP contribution in [0.1, 0.15) is 46.5 Å². The minimum absolute atomic E-state index is 0.135. The van der Waals surface area contributed by atoms with Crippen molar-refractivity contribution in [3.05, 3.63) is 24.0 Å². The lowest BCUT2D eigenvalue weighted by Gasteiger charge is -2.30. The predicted octanol–water partition coefficient (Wildman–Crippen LogP) is 4.78. The average Bonchev–Trinajstić information content (AvgIpc) is 2.76. The number of para-hydroxylation sites is 1. The zero-order chi connectivity index (χ0) is 14.9. The van der Waals surface area contributed by atoms with Crippen LogP contribution in [0.4, 0.5) is 0 Å². The Morgan fingerprint density at radius 2 is 2.05 bits per heavy atom. The van der Waals surface area contributed by atoms with E-state index in [1.807, 2.05) is 19.1 Å². The molecule has 0 amide bonds. The molecule has 0 N–H and O–H groups in total. The van der Waals surface area contributed by atoms with E-state index in [1.54, 1.807) is 0 Å². The maximum Gasteiger partial charge on any atom is 0.147 e. The third-order valence-corrected chi connectivity index (χ3v) is 4.06. The Labute approximate surface area is 125 Å². The first-order chi connectivity index (χ1) is 9.40. The zero-order valence-electron chi connectivity index (χ0n) is 12.9. The van der Waals surface area contributed by atoms with Crippen LogP contribution in [0.15, 0.2) is 18.2 Å². The van der Waals surface area contributed by atoms with Crippen LogP contribution >= 0.6 is 11.6 Å². The quantitative estimate of drug-likeness (QED) is 0.759. The molecule has 4 heteroatoms. The first-order valence-corrected chi connectivity index (χ1v) is 7.62. The Bertz CT molecular complexity index is 598. The van der Waals surface area contributed by atoms with Gasteiger partial charge in [-0.15, -0.1) is 11.6 Å². The molecular weight excluding hydrogens is 272 g/mol. The van der Waals surface area contributed by atoms with E-state index in [4.69, 9.17) is 21.3 Å². The summed E-state index contributed by atoms with van der Waals surface area (Å²) < 4.78 is 7.92. The highest BCUT2D eigenvalue weighted by Crippen LogP contribution is 2.36. The van der Waals surface area contributed by atoms with Crippen molar-refractivity contribution < 1.29 is 4.74 Å². The summed E-state index contributed by atoms with van der Waals surface area (Å²) in [6, 6.07) is 6.36. The average molecular weight is 295 g/mol. The molecule has 2 rings (SSSR count). The number of aromatic nitrogens is 2. The summed E-state index contributed by atoms with van der Waals surface area (Å²) in [6.45, 7) is 11.5. The van der Waals surface area contributed by atoms with Crippen LogP contribution in [0, 0.1) is 5.41 Å². The van der Waals surface area contributed by atoms with Gasteiger partial charge in [-0.25, -0.2) is 4.98 Å². The third-order valence-electron chi connectivity index (χ3n) is 3.82. The van der Waals surface area contributed by atoms with E-state index in [9.17, 15) is 0 Å². The summed E-state index contributed by atoms with van der Waals surface area (Å²) in [5.74, 6) is 2.13. The van der Waals surface area contributed by atoms with Crippen molar-refractivity contribution >= 4 is 22.6 Å². The lowest BCUT2D eigenvalue weighted by molar-refractivity contribution is 0.264. The van der Waals surface area contributed by atoms with Gasteiger partial charge in [-0.05, 0) is 31.4 Å². The van der Waals surface area contributed by atoms with Gasteiger partial charge in [-0.2, -0.15) is 0 Å². The Morgan fingerprint density at radius 3 is 2.60 bits per heavy atom. The van der Waals surface area contributed by atoms with Crippen molar-refractivity contribution in [2.24, 2.45) is 5.41 Å². The van der Waals surface area contributed by atoms with Gasteiger partial charge in [-0.1, -0.05) is 26.8 Å². The molecule has 0 fully saturated rings. The van der Waals surface area contributed by atoms with Crippen LogP contribution in [-0.2, 0) is 5.88 Å². The minimum atomic E-state index is 0.135. The molecule has 110 valence electrons. The molecular formula is C16H23ClN2O. The van der Waals surface area contributed by atoms with E-state index >= 15 is 0 Å². The summed E-state index contributed by atoms with van der Waals surface area (Å²) in [5.41, 5.74) is 2.13. The Kier molecular flexibility index (Phi) is 4.28. The highest BCUT2D eigenvalue weighted by molar-refractivity contribution is 6.16. The van der Waals surface area contributed by atoms with Crippen molar-refractivity contribution in [1.82, 2.24) is 9.55 Å². The van der Waals surface area contributed by atoms with E-state index in [1.165, 1.54) is 0 Å². The summed E-state index contributed by atoms with van der Waals surface area (Å²) in [6.07, 6.45) is 0. The Hall–Kier alpha value is -1.22.